The molecule has 0 aliphatic carbocycles. The predicted octanol–water partition coefficient (Wildman–Crippen LogP) is 7.17. The summed E-state index contributed by atoms with van der Waals surface area (Å²) in [6, 6.07) is 18.9. The number of hydrogen-bond acceptors (Lipinski definition) is 10. The summed E-state index contributed by atoms with van der Waals surface area (Å²) in [6.45, 7) is 7.79. The molecule has 0 radical (unpaired) electrons. The first kappa shape index (κ1) is 41.4. The van der Waals surface area contributed by atoms with Crippen molar-refractivity contribution >= 4 is 23.5 Å². The van der Waals surface area contributed by atoms with Crippen LogP contribution in [0.3, 0.4) is 0 Å². The highest BCUT2D eigenvalue weighted by Gasteiger charge is 2.39. The molecule has 2 fully saturated rings. The summed E-state index contributed by atoms with van der Waals surface area (Å²) in [7, 11) is 0. The Morgan fingerprint density at radius 3 is 2.37 bits per heavy atom. The monoisotopic (exact) mass is 796 g/mol. The Kier molecular flexibility index (Phi) is 13.7. The predicted molar refractivity (Wildman–Crippen MR) is 214 cm³/mol. The first-order valence-corrected chi connectivity index (χ1v) is 19.7. The maximum Gasteiger partial charge on any atom is 0.335 e. The van der Waals surface area contributed by atoms with E-state index in [1.165, 1.54) is 6.20 Å². The van der Waals surface area contributed by atoms with Crippen molar-refractivity contribution in [1.82, 2.24) is 14.8 Å². The zero-order valence-corrected chi connectivity index (χ0v) is 33.1. The van der Waals surface area contributed by atoms with Crippen molar-refractivity contribution in [2.45, 2.75) is 83.8 Å². The summed E-state index contributed by atoms with van der Waals surface area (Å²) in [5.74, 6) is -0.278. The van der Waals surface area contributed by atoms with Gasteiger partial charge in [-0.3, -0.25) is 14.7 Å². The molecule has 6 rings (SSSR count). The summed E-state index contributed by atoms with van der Waals surface area (Å²) in [6.07, 6.45) is 6.68. The molecule has 2 aliphatic rings. The van der Waals surface area contributed by atoms with E-state index in [4.69, 9.17) is 25.8 Å². The number of aliphatic hydroxyl groups is 1. The second-order valence-electron chi connectivity index (χ2n) is 14.9. The Morgan fingerprint density at radius 2 is 1.63 bits per heavy atom. The van der Waals surface area contributed by atoms with Gasteiger partial charge in [-0.2, -0.15) is 5.26 Å². The zero-order chi connectivity index (χ0) is 40.5. The van der Waals surface area contributed by atoms with Gasteiger partial charge < -0.3 is 34.4 Å². The average molecular weight is 797 g/mol. The molecule has 1 atom stereocenters. The van der Waals surface area contributed by atoms with E-state index < -0.39 is 23.6 Å². The maximum atomic E-state index is 12.1. The number of benzene rings is 3. The van der Waals surface area contributed by atoms with Gasteiger partial charge in [0.15, 0.2) is 5.60 Å². The normalized spacial score (nSPS) is 17.1. The van der Waals surface area contributed by atoms with Crippen LogP contribution in [-0.2, 0) is 29.3 Å². The van der Waals surface area contributed by atoms with E-state index in [-0.39, 0.29) is 26.1 Å². The lowest BCUT2D eigenvalue weighted by Gasteiger charge is -2.35. The van der Waals surface area contributed by atoms with Crippen LogP contribution in [0.5, 0.6) is 17.2 Å². The lowest BCUT2D eigenvalue weighted by molar-refractivity contribution is -0.163. The van der Waals surface area contributed by atoms with Crippen LogP contribution in [0.25, 0.3) is 11.1 Å². The number of likely N-dealkylation sites (tertiary alicyclic amines) is 2. The Bertz CT molecular complexity index is 2110. The highest BCUT2D eigenvalue weighted by Crippen LogP contribution is 2.37. The number of piperidine rings is 2. The molecule has 1 unspecified atom stereocenters. The molecule has 12 nitrogen and oxygen atoms in total. The smallest absolute Gasteiger partial charge is 0.335 e. The van der Waals surface area contributed by atoms with Gasteiger partial charge in [-0.25, -0.2) is 4.79 Å². The number of pyridine rings is 1. The number of aliphatic carboxylic acids is 2. The molecule has 4 aromatic rings. The van der Waals surface area contributed by atoms with Crippen molar-refractivity contribution in [2.24, 2.45) is 0 Å². The molecule has 57 heavy (non-hydrogen) atoms. The molecule has 0 amide bonds. The second kappa shape index (κ2) is 18.8. The van der Waals surface area contributed by atoms with Crippen LogP contribution < -0.4 is 14.2 Å². The molecule has 0 bridgehead atoms. The van der Waals surface area contributed by atoms with E-state index in [1.54, 1.807) is 24.4 Å². The van der Waals surface area contributed by atoms with Crippen LogP contribution in [0.15, 0.2) is 67.0 Å². The van der Waals surface area contributed by atoms with Gasteiger partial charge >= 0.3 is 11.9 Å². The van der Waals surface area contributed by atoms with Crippen molar-refractivity contribution in [1.29, 1.82) is 5.26 Å². The van der Waals surface area contributed by atoms with Crippen LogP contribution >= 0.6 is 11.6 Å². The molecule has 3 N–H and O–H groups in total. The summed E-state index contributed by atoms with van der Waals surface area (Å²) in [5.41, 5.74) is 5.36. The summed E-state index contributed by atoms with van der Waals surface area (Å²) >= 11 is 6.86. The van der Waals surface area contributed by atoms with Crippen LogP contribution in [0.4, 0.5) is 0 Å². The highest BCUT2D eigenvalue weighted by molar-refractivity contribution is 6.32. The van der Waals surface area contributed by atoms with E-state index in [0.29, 0.717) is 66.9 Å². The van der Waals surface area contributed by atoms with Crippen LogP contribution in [0.1, 0.15) is 71.9 Å². The van der Waals surface area contributed by atoms with Crippen molar-refractivity contribution in [2.75, 3.05) is 32.8 Å². The molecule has 3 heterocycles. The SMILES string of the molecule is Cc1c(COc2cc(OCc3cncc(C#N)c3)c(CN3CCCCC3C(=O)O)cc2Cl)cccc1-c1cccc(OCCCN2CCC(O)(C(=O)O)CC2)c1C. The van der Waals surface area contributed by atoms with Crippen LogP contribution in [-0.4, -0.2) is 86.5 Å². The molecule has 0 saturated carbocycles. The quantitative estimate of drug-likeness (QED) is 0.0981. The molecule has 3 aromatic carbocycles. The topological polar surface area (TPSA) is 166 Å². The van der Waals surface area contributed by atoms with Crippen LogP contribution in [0, 0.1) is 25.2 Å². The zero-order valence-electron chi connectivity index (χ0n) is 32.4. The van der Waals surface area contributed by atoms with E-state index in [1.807, 2.05) is 36.1 Å². The minimum absolute atomic E-state index is 0.139. The van der Waals surface area contributed by atoms with E-state index in [0.717, 1.165) is 64.9 Å². The number of carbonyl (C=O) groups is 2. The summed E-state index contributed by atoms with van der Waals surface area (Å²) in [4.78, 5) is 31.7. The Balaban J connectivity index is 1.14. The Labute approximate surface area is 338 Å². The molecular weight excluding hydrogens is 748 g/mol. The van der Waals surface area contributed by atoms with Gasteiger partial charge in [0.25, 0.3) is 0 Å². The van der Waals surface area contributed by atoms with Gasteiger partial charge in [-0.05, 0) is 98.5 Å². The Hall–Kier alpha value is -5.19. The van der Waals surface area contributed by atoms with Crippen molar-refractivity contribution in [3.63, 3.8) is 0 Å². The molecule has 2 aliphatic heterocycles. The first-order valence-electron chi connectivity index (χ1n) is 19.3. The number of aromatic nitrogens is 1. The third-order valence-corrected chi connectivity index (χ3v) is 11.4. The molecule has 300 valence electrons. The Morgan fingerprint density at radius 1 is 0.895 bits per heavy atom. The largest absolute Gasteiger partial charge is 0.493 e. The van der Waals surface area contributed by atoms with E-state index >= 15 is 0 Å². The highest BCUT2D eigenvalue weighted by atomic mass is 35.5. The van der Waals surface area contributed by atoms with Gasteiger partial charge in [0.1, 0.15) is 42.6 Å². The fourth-order valence-electron chi connectivity index (χ4n) is 7.59. The average Bonchev–Trinajstić information content (AvgIpc) is 3.20. The molecular formula is C44H49ClN4O8. The van der Waals surface area contributed by atoms with Gasteiger partial charge in [0.05, 0.1) is 17.2 Å². The number of halogens is 1. The van der Waals surface area contributed by atoms with E-state index in [2.05, 4.69) is 35.0 Å². The molecule has 1 aromatic heterocycles. The molecule has 2 saturated heterocycles. The number of carboxylic acid groups (broad SMARTS) is 2. The fraction of sp³-hybridized carbons (Fsp3) is 0.409. The third kappa shape index (κ3) is 10.2. The number of hydrogen-bond donors (Lipinski definition) is 3. The van der Waals surface area contributed by atoms with Gasteiger partial charge in [0.2, 0.25) is 0 Å². The maximum absolute atomic E-state index is 12.1. The molecule has 0 spiro atoms. The second-order valence-corrected chi connectivity index (χ2v) is 15.3. The fourth-order valence-corrected chi connectivity index (χ4v) is 7.83. The summed E-state index contributed by atoms with van der Waals surface area (Å²) < 4.78 is 18.9. The first-order chi connectivity index (χ1) is 27.5. The number of rotatable bonds is 16. The number of nitrogens with zero attached hydrogens (tertiary/aromatic N) is 4. The number of nitriles is 1. The van der Waals surface area contributed by atoms with Gasteiger partial charge in [0, 0.05) is 55.8 Å². The standard InChI is InChI=1S/C44H49ClN4O8/c1-29-33(8-5-9-35(29)36-10-6-12-39(30(36)2)55-19-7-15-48-17-13-44(54,14-18-48)43(52)53)28-57-41-22-40(56-27-32-20-31(23-46)24-47-25-32)34(21-37(41)45)26-49-16-4-3-11-38(49)42(50)51/h5-6,8-10,12,20-22,24-25,38,54H,3-4,7,11,13-19,26-28H2,1-2H3,(H,50,51)(H,52,53). The number of carboxylic acids is 2. The minimum Gasteiger partial charge on any atom is -0.493 e. The van der Waals surface area contributed by atoms with Gasteiger partial charge in [-0.15, -0.1) is 0 Å². The lowest BCUT2D eigenvalue weighted by atomic mass is 9.91. The minimum atomic E-state index is -1.63. The molecule has 13 heteroatoms. The van der Waals surface area contributed by atoms with Gasteiger partial charge in [-0.1, -0.05) is 48.4 Å². The lowest BCUT2D eigenvalue weighted by Crippen LogP contribution is -2.49. The van der Waals surface area contributed by atoms with Crippen molar-refractivity contribution in [3.05, 3.63) is 105 Å². The van der Waals surface area contributed by atoms with Crippen LogP contribution in [0.2, 0.25) is 5.02 Å². The van der Waals surface area contributed by atoms with Crippen molar-refractivity contribution < 1.29 is 39.1 Å². The number of ether oxygens (including phenoxy) is 3. The van der Waals surface area contributed by atoms with E-state index in [9.17, 15) is 30.2 Å². The summed E-state index contributed by atoms with van der Waals surface area (Å²) in [5, 5.41) is 39.1. The third-order valence-electron chi connectivity index (χ3n) is 11.1. The van der Waals surface area contributed by atoms with Crippen molar-refractivity contribution in [3.8, 4) is 34.4 Å².